The van der Waals surface area contributed by atoms with Gasteiger partial charge in [-0.15, -0.1) is 0 Å². The number of imide groups is 1. The van der Waals surface area contributed by atoms with Crippen molar-refractivity contribution in [3.8, 4) is 11.5 Å². The fourth-order valence-electron chi connectivity index (χ4n) is 2.89. The fourth-order valence-corrected chi connectivity index (χ4v) is 3.73. The summed E-state index contributed by atoms with van der Waals surface area (Å²) in [5, 5.41) is -0.306. The third kappa shape index (κ3) is 5.88. The number of hydrogen-bond donors (Lipinski definition) is 0. The normalized spacial score (nSPS) is 14.8. The van der Waals surface area contributed by atoms with Crippen LogP contribution < -0.4 is 9.47 Å². The molecule has 0 aliphatic carbocycles. The quantitative estimate of drug-likeness (QED) is 0.425. The van der Waals surface area contributed by atoms with Crippen LogP contribution in [0, 0.1) is 0 Å². The van der Waals surface area contributed by atoms with Gasteiger partial charge in [-0.3, -0.25) is 14.5 Å². The topological polar surface area (TPSA) is 82.1 Å². The highest BCUT2D eigenvalue weighted by Gasteiger charge is 2.35. The van der Waals surface area contributed by atoms with Crippen LogP contribution in [0.2, 0.25) is 0 Å². The van der Waals surface area contributed by atoms with E-state index in [-0.39, 0.29) is 30.9 Å². The second-order valence-corrected chi connectivity index (χ2v) is 7.48. The van der Waals surface area contributed by atoms with Crippen LogP contribution in [0.25, 0.3) is 6.08 Å². The second-order valence-electron chi connectivity index (χ2n) is 6.49. The number of rotatable bonds is 9. The average molecular weight is 442 g/mol. The lowest BCUT2D eigenvalue weighted by Gasteiger charge is -2.13. The van der Waals surface area contributed by atoms with E-state index in [0.717, 1.165) is 17.3 Å². The van der Waals surface area contributed by atoms with Crippen molar-refractivity contribution in [2.75, 3.05) is 19.8 Å². The molecule has 31 heavy (non-hydrogen) atoms. The summed E-state index contributed by atoms with van der Waals surface area (Å²) < 4.78 is 16.0. The molecule has 0 spiro atoms. The van der Waals surface area contributed by atoms with Gasteiger partial charge in [0.1, 0.15) is 0 Å². The highest BCUT2D eigenvalue weighted by molar-refractivity contribution is 8.18. The molecule has 0 radical (unpaired) electrons. The van der Waals surface area contributed by atoms with Gasteiger partial charge in [0.15, 0.2) is 18.1 Å². The van der Waals surface area contributed by atoms with Crippen LogP contribution in [0.4, 0.5) is 4.79 Å². The zero-order valence-corrected chi connectivity index (χ0v) is 18.1. The third-order valence-electron chi connectivity index (χ3n) is 4.27. The summed E-state index contributed by atoms with van der Waals surface area (Å²) in [4.78, 5) is 38.2. The predicted octanol–water partition coefficient (Wildman–Crippen LogP) is 4.26. The van der Waals surface area contributed by atoms with E-state index in [1.54, 1.807) is 31.2 Å². The number of amides is 2. The maximum atomic E-state index is 12.7. The van der Waals surface area contributed by atoms with Crippen molar-refractivity contribution in [2.24, 2.45) is 0 Å². The monoisotopic (exact) mass is 441 g/mol. The molecular formula is C23H23NO6S. The lowest BCUT2D eigenvalue weighted by molar-refractivity contribution is -0.145. The van der Waals surface area contributed by atoms with Crippen LogP contribution in [0.5, 0.6) is 11.5 Å². The standard InChI is InChI=1S/C23H23NO6S/c1-3-28-19-12-17(10-11-18(19)30-15-21(25)29-4-2)13-20-22(26)24(23(27)31-20)14-16-8-6-5-7-9-16/h5-13H,3-4,14-15H2,1-2H3/b20-13-. The lowest BCUT2D eigenvalue weighted by atomic mass is 10.1. The number of thioether (sulfide) groups is 1. The number of ether oxygens (including phenoxy) is 3. The van der Waals surface area contributed by atoms with E-state index in [0.29, 0.717) is 28.6 Å². The van der Waals surface area contributed by atoms with E-state index in [1.165, 1.54) is 4.90 Å². The molecule has 2 aromatic rings. The minimum Gasteiger partial charge on any atom is -0.490 e. The highest BCUT2D eigenvalue weighted by Crippen LogP contribution is 2.35. The Balaban J connectivity index is 1.76. The number of esters is 1. The van der Waals surface area contributed by atoms with E-state index >= 15 is 0 Å². The fraction of sp³-hybridized carbons (Fsp3) is 0.261. The molecule has 162 valence electrons. The van der Waals surface area contributed by atoms with E-state index in [1.807, 2.05) is 37.3 Å². The minimum atomic E-state index is -0.471. The second kappa shape index (κ2) is 10.7. The smallest absolute Gasteiger partial charge is 0.344 e. The first-order valence-corrected chi connectivity index (χ1v) is 10.7. The molecule has 1 fully saturated rings. The Morgan fingerprint density at radius 2 is 1.77 bits per heavy atom. The Hall–Kier alpha value is -3.26. The average Bonchev–Trinajstić information content (AvgIpc) is 3.02. The van der Waals surface area contributed by atoms with Crippen molar-refractivity contribution in [3.63, 3.8) is 0 Å². The molecule has 0 bridgehead atoms. The van der Waals surface area contributed by atoms with E-state index in [9.17, 15) is 14.4 Å². The van der Waals surface area contributed by atoms with Crippen molar-refractivity contribution < 1.29 is 28.6 Å². The molecule has 1 saturated heterocycles. The summed E-state index contributed by atoms with van der Waals surface area (Å²) in [6.07, 6.45) is 1.65. The van der Waals surface area contributed by atoms with Gasteiger partial charge in [-0.05, 0) is 54.9 Å². The maximum Gasteiger partial charge on any atom is 0.344 e. The summed E-state index contributed by atoms with van der Waals surface area (Å²) in [5.74, 6) is 0.0221. The molecule has 1 heterocycles. The van der Waals surface area contributed by atoms with Gasteiger partial charge in [-0.2, -0.15) is 0 Å². The zero-order chi connectivity index (χ0) is 22.2. The van der Waals surface area contributed by atoms with Crippen LogP contribution in [0.3, 0.4) is 0 Å². The predicted molar refractivity (Wildman–Crippen MR) is 118 cm³/mol. The molecule has 0 saturated carbocycles. The first-order valence-electron chi connectivity index (χ1n) is 9.86. The van der Waals surface area contributed by atoms with Gasteiger partial charge in [-0.25, -0.2) is 4.79 Å². The van der Waals surface area contributed by atoms with Gasteiger partial charge in [-0.1, -0.05) is 36.4 Å². The van der Waals surface area contributed by atoms with Crippen LogP contribution in [-0.4, -0.2) is 41.8 Å². The Kier molecular flexibility index (Phi) is 7.72. The van der Waals surface area contributed by atoms with Gasteiger partial charge in [0, 0.05) is 0 Å². The number of carbonyl (C=O) groups excluding carboxylic acids is 3. The van der Waals surface area contributed by atoms with Crippen molar-refractivity contribution in [1.82, 2.24) is 4.90 Å². The molecule has 1 aliphatic rings. The molecule has 2 amide bonds. The molecular weight excluding hydrogens is 418 g/mol. The van der Waals surface area contributed by atoms with Gasteiger partial charge >= 0.3 is 5.97 Å². The van der Waals surface area contributed by atoms with Gasteiger partial charge < -0.3 is 14.2 Å². The molecule has 3 rings (SSSR count). The largest absolute Gasteiger partial charge is 0.490 e. The van der Waals surface area contributed by atoms with E-state index < -0.39 is 5.97 Å². The Morgan fingerprint density at radius 1 is 1.00 bits per heavy atom. The summed E-state index contributed by atoms with van der Waals surface area (Å²) in [5.41, 5.74) is 1.56. The maximum absolute atomic E-state index is 12.7. The first kappa shape index (κ1) is 22.4. The van der Waals surface area contributed by atoms with Gasteiger partial charge in [0.2, 0.25) is 0 Å². The summed E-state index contributed by atoms with van der Waals surface area (Å²) in [6.45, 7) is 4.22. The van der Waals surface area contributed by atoms with Crippen molar-refractivity contribution >= 4 is 35.0 Å². The number of hydrogen-bond acceptors (Lipinski definition) is 7. The molecule has 0 atom stereocenters. The van der Waals surface area contributed by atoms with Gasteiger partial charge in [0.05, 0.1) is 24.7 Å². The molecule has 0 aromatic heterocycles. The van der Waals surface area contributed by atoms with Crippen molar-refractivity contribution in [3.05, 3.63) is 64.6 Å². The molecule has 7 nitrogen and oxygen atoms in total. The molecule has 1 aliphatic heterocycles. The third-order valence-corrected chi connectivity index (χ3v) is 5.18. The van der Waals surface area contributed by atoms with E-state index in [2.05, 4.69) is 0 Å². The highest BCUT2D eigenvalue weighted by atomic mass is 32.2. The zero-order valence-electron chi connectivity index (χ0n) is 17.3. The number of benzene rings is 2. The van der Waals surface area contributed by atoms with Crippen molar-refractivity contribution in [2.45, 2.75) is 20.4 Å². The lowest BCUT2D eigenvalue weighted by Crippen LogP contribution is -2.27. The van der Waals surface area contributed by atoms with Crippen LogP contribution in [-0.2, 0) is 20.9 Å². The minimum absolute atomic E-state index is 0.230. The summed E-state index contributed by atoms with van der Waals surface area (Å²) in [7, 11) is 0. The van der Waals surface area contributed by atoms with Gasteiger partial charge in [0.25, 0.3) is 11.1 Å². The molecule has 0 N–H and O–H groups in total. The van der Waals surface area contributed by atoms with Crippen LogP contribution in [0.1, 0.15) is 25.0 Å². The number of nitrogens with zero attached hydrogens (tertiary/aromatic N) is 1. The number of carbonyl (C=O) groups is 3. The Bertz CT molecular complexity index is 989. The summed E-state index contributed by atoms with van der Waals surface area (Å²) >= 11 is 0.904. The summed E-state index contributed by atoms with van der Waals surface area (Å²) in [6, 6.07) is 14.4. The van der Waals surface area contributed by atoms with Crippen molar-refractivity contribution in [1.29, 1.82) is 0 Å². The molecule has 2 aromatic carbocycles. The SMILES string of the molecule is CCOC(=O)COc1ccc(/C=C2\SC(=O)N(Cc3ccccc3)C2=O)cc1OCC. The van der Waals surface area contributed by atoms with Crippen LogP contribution >= 0.6 is 11.8 Å². The van der Waals surface area contributed by atoms with E-state index in [4.69, 9.17) is 14.2 Å². The Morgan fingerprint density at radius 3 is 2.48 bits per heavy atom. The first-order chi connectivity index (χ1) is 15.0. The van der Waals surface area contributed by atoms with Crippen LogP contribution in [0.15, 0.2) is 53.4 Å². The Labute approximate surface area is 185 Å². The molecule has 8 heteroatoms. The molecule has 0 unspecified atom stereocenters.